The van der Waals surface area contributed by atoms with E-state index in [1.165, 1.54) is 5.56 Å². The van der Waals surface area contributed by atoms with E-state index < -0.39 is 0 Å². The summed E-state index contributed by atoms with van der Waals surface area (Å²) in [7, 11) is 0. The summed E-state index contributed by atoms with van der Waals surface area (Å²) in [6, 6.07) is 17.9. The minimum atomic E-state index is 0.167. The highest BCUT2D eigenvalue weighted by molar-refractivity contribution is 5.28. The van der Waals surface area contributed by atoms with Crippen LogP contribution in [0.2, 0.25) is 0 Å². The van der Waals surface area contributed by atoms with Crippen molar-refractivity contribution in [2.45, 2.75) is 19.5 Å². The predicted molar refractivity (Wildman–Crippen MR) is 82.4 cm³/mol. The number of nitrogens with zero attached hydrogens (tertiary/aromatic N) is 1. The summed E-state index contributed by atoms with van der Waals surface area (Å²) in [5.74, 6) is 0.288. The van der Waals surface area contributed by atoms with Crippen LogP contribution in [0.15, 0.2) is 54.6 Å². The van der Waals surface area contributed by atoms with Crippen molar-refractivity contribution >= 4 is 0 Å². The zero-order chi connectivity index (χ0) is 14.4. The van der Waals surface area contributed by atoms with E-state index in [1.807, 2.05) is 18.2 Å². The van der Waals surface area contributed by atoms with Crippen molar-refractivity contribution in [1.82, 2.24) is 4.90 Å². The fourth-order valence-corrected chi connectivity index (χ4v) is 2.45. The molecule has 106 valence electrons. The molecular weight excluding hydrogens is 248 g/mol. The smallest absolute Gasteiger partial charge is 0.115 e. The van der Waals surface area contributed by atoms with Gasteiger partial charge >= 0.3 is 0 Å². The average Bonchev–Trinajstić information content (AvgIpc) is 2.49. The number of hydrogen-bond acceptors (Lipinski definition) is 3. The molecule has 0 saturated heterocycles. The number of nitrogens with two attached hydrogens (primary N) is 1. The Morgan fingerprint density at radius 3 is 2.25 bits per heavy atom. The summed E-state index contributed by atoms with van der Waals surface area (Å²) < 4.78 is 0. The Balaban J connectivity index is 2.17. The fraction of sp³-hybridized carbons (Fsp3) is 0.294. The minimum absolute atomic E-state index is 0.167. The maximum atomic E-state index is 9.40. The zero-order valence-corrected chi connectivity index (χ0v) is 11.9. The van der Waals surface area contributed by atoms with E-state index in [4.69, 9.17) is 5.73 Å². The topological polar surface area (TPSA) is 49.5 Å². The molecule has 3 N–H and O–H groups in total. The highest BCUT2D eigenvalue weighted by Crippen LogP contribution is 2.23. The van der Waals surface area contributed by atoms with Gasteiger partial charge in [-0.2, -0.15) is 0 Å². The van der Waals surface area contributed by atoms with Gasteiger partial charge in [0, 0.05) is 19.1 Å². The molecule has 1 unspecified atom stereocenters. The van der Waals surface area contributed by atoms with Gasteiger partial charge in [0.15, 0.2) is 0 Å². The number of phenolic OH excluding ortho intramolecular Hbond substituents is 1. The second-order valence-corrected chi connectivity index (χ2v) is 4.89. The number of phenols is 1. The summed E-state index contributed by atoms with van der Waals surface area (Å²) in [6.07, 6.45) is 0. The molecule has 0 spiro atoms. The molecule has 2 rings (SSSR count). The van der Waals surface area contributed by atoms with E-state index in [0.717, 1.165) is 18.7 Å². The lowest BCUT2D eigenvalue weighted by atomic mass is 10.0. The van der Waals surface area contributed by atoms with Gasteiger partial charge < -0.3 is 10.8 Å². The van der Waals surface area contributed by atoms with E-state index in [9.17, 15) is 5.11 Å². The second kappa shape index (κ2) is 7.08. The number of benzene rings is 2. The van der Waals surface area contributed by atoms with Gasteiger partial charge in [0.25, 0.3) is 0 Å². The molecular formula is C17H22N2O. The molecule has 3 nitrogen and oxygen atoms in total. The first kappa shape index (κ1) is 14.6. The van der Waals surface area contributed by atoms with Gasteiger partial charge in [0.05, 0.1) is 0 Å². The van der Waals surface area contributed by atoms with Crippen LogP contribution in [0.1, 0.15) is 24.1 Å². The first-order chi connectivity index (χ1) is 9.74. The first-order valence-electron chi connectivity index (χ1n) is 7.01. The number of hydrogen-bond donors (Lipinski definition) is 2. The van der Waals surface area contributed by atoms with Crippen LogP contribution in [0.4, 0.5) is 0 Å². The van der Waals surface area contributed by atoms with Gasteiger partial charge in [-0.25, -0.2) is 0 Å². The molecule has 0 radical (unpaired) electrons. The molecule has 20 heavy (non-hydrogen) atoms. The highest BCUT2D eigenvalue weighted by Gasteiger charge is 2.17. The van der Waals surface area contributed by atoms with Crippen molar-refractivity contribution in [2.75, 3.05) is 13.1 Å². The normalized spacial score (nSPS) is 12.6. The van der Waals surface area contributed by atoms with Crippen LogP contribution in [0.25, 0.3) is 0 Å². The Bertz CT molecular complexity index is 510. The third-order valence-corrected chi connectivity index (χ3v) is 3.58. The van der Waals surface area contributed by atoms with Gasteiger partial charge in [-0.15, -0.1) is 0 Å². The molecule has 0 aromatic heterocycles. The maximum absolute atomic E-state index is 9.40. The molecule has 0 amide bonds. The van der Waals surface area contributed by atoms with Crippen molar-refractivity contribution < 1.29 is 5.11 Å². The minimum Gasteiger partial charge on any atom is -0.508 e. The Kier molecular flexibility index (Phi) is 5.16. The summed E-state index contributed by atoms with van der Waals surface area (Å²) in [6.45, 7) is 4.51. The fourth-order valence-electron chi connectivity index (χ4n) is 2.45. The first-order valence-corrected chi connectivity index (χ1v) is 7.01. The molecule has 2 aromatic carbocycles. The van der Waals surface area contributed by atoms with Crippen LogP contribution < -0.4 is 5.73 Å². The summed E-state index contributed by atoms with van der Waals surface area (Å²) in [5, 5.41) is 9.40. The lowest BCUT2D eigenvalue weighted by Crippen LogP contribution is -2.33. The zero-order valence-electron chi connectivity index (χ0n) is 11.9. The Hall–Kier alpha value is -1.84. The molecule has 1 atom stereocenters. The van der Waals surface area contributed by atoms with E-state index in [2.05, 4.69) is 36.1 Å². The van der Waals surface area contributed by atoms with Gasteiger partial charge in [0.2, 0.25) is 0 Å². The summed E-state index contributed by atoms with van der Waals surface area (Å²) in [5.41, 5.74) is 8.39. The molecule has 0 heterocycles. The third kappa shape index (κ3) is 3.59. The second-order valence-electron chi connectivity index (χ2n) is 4.89. The molecule has 0 bridgehead atoms. The van der Waals surface area contributed by atoms with Gasteiger partial charge in [-0.05, 0) is 29.8 Å². The van der Waals surface area contributed by atoms with Crippen molar-refractivity contribution in [3.8, 4) is 5.75 Å². The van der Waals surface area contributed by atoms with E-state index in [-0.39, 0.29) is 11.8 Å². The maximum Gasteiger partial charge on any atom is 0.115 e. The quantitative estimate of drug-likeness (QED) is 0.848. The molecule has 0 aliphatic rings. The standard InChI is InChI=1S/C17H22N2O/c1-2-19(13-14-6-4-3-5-7-14)17(12-18)15-8-10-16(20)11-9-15/h3-11,17,20H,2,12-13,18H2,1H3. The van der Waals surface area contributed by atoms with Crippen LogP contribution in [0.5, 0.6) is 5.75 Å². The van der Waals surface area contributed by atoms with E-state index >= 15 is 0 Å². The van der Waals surface area contributed by atoms with Crippen LogP contribution >= 0.6 is 0 Å². The molecule has 0 fully saturated rings. The van der Waals surface area contributed by atoms with Gasteiger partial charge in [-0.3, -0.25) is 4.90 Å². The lowest BCUT2D eigenvalue weighted by molar-refractivity contribution is 0.203. The van der Waals surface area contributed by atoms with Gasteiger partial charge in [-0.1, -0.05) is 49.4 Å². The Morgan fingerprint density at radius 2 is 1.70 bits per heavy atom. The Labute approximate surface area is 120 Å². The average molecular weight is 270 g/mol. The van der Waals surface area contributed by atoms with Crippen LogP contribution in [0, 0.1) is 0 Å². The predicted octanol–water partition coefficient (Wildman–Crippen LogP) is 2.91. The number of rotatable bonds is 6. The summed E-state index contributed by atoms with van der Waals surface area (Å²) >= 11 is 0. The third-order valence-electron chi connectivity index (χ3n) is 3.58. The van der Waals surface area contributed by atoms with E-state index in [1.54, 1.807) is 12.1 Å². The molecule has 0 aliphatic heterocycles. The Morgan fingerprint density at radius 1 is 1.05 bits per heavy atom. The molecule has 0 saturated carbocycles. The van der Waals surface area contributed by atoms with Crippen molar-refractivity contribution in [2.24, 2.45) is 5.73 Å². The van der Waals surface area contributed by atoms with Crippen LogP contribution in [-0.4, -0.2) is 23.1 Å². The van der Waals surface area contributed by atoms with Crippen LogP contribution in [-0.2, 0) is 6.54 Å². The van der Waals surface area contributed by atoms with Crippen molar-refractivity contribution in [3.05, 3.63) is 65.7 Å². The molecule has 3 heteroatoms. The number of likely N-dealkylation sites (N-methyl/N-ethyl adjacent to an activating group) is 1. The summed E-state index contributed by atoms with van der Waals surface area (Å²) in [4.78, 5) is 2.35. The molecule has 2 aromatic rings. The monoisotopic (exact) mass is 270 g/mol. The van der Waals surface area contributed by atoms with Crippen molar-refractivity contribution in [3.63, 3.8) is 0 Å². The van der Waals surface area contributed by atoms with Crippen LogP contribution in [0.3, 0.4) is 0 Å². The SMILES string of the molecule is CCN(Cc1ccccc1)C(CN)c1ccc(O)cc1. The lowest BCUT2D eigenvalue weighted by Gasteiger charge is -2.30. The highest BCUT2D eigenvalue weighted by atomic mass is 16.3. The molecule has 0 aliphatic carbocycles. The largest absolute Gasteiger partial charge is 0.508 e. The van der Waals surface area contributed by atoms with Gasteiger partial charge in [0.1, 0.15) is 5.75 Å². The van der Waals surface area contributed by atoms with E-state index in [0.29, 0.717) is 6.54 Å². The van der Waals surface area contributed by atoms with Crippen molar-refractivity contribution in [1.29, 1.82) is 0 Å². The number of aromatic hydroxyl groups is 1.